The van der Waals surface area contributed by atoms with E-state index in [9.17, 15) is 5.11 Å². The maximum Gasteiger partial charge on any atom is 0.187 e. The Morgan fingerprint density at radius 2 is 2.33 bits per heavy atom. The minimum atomic E-state index is -0.988. The minimum absolute atomic E-state index is 0.168. The number of aliphatic hydroxyl groups excluding tert-OH is 3. The van der Waals surface area contributed by atoms with Gasteiger partial charge in [0.25, 0.3) is 0 Å². The highest BCUT2D eigenvalue weighted by Gasteiger charge is 2.30. The van der Waals surface area contributed by atoms with Crippen molar-refractivity contribution < 1.29 is 24.8 Å². The molecule has 5 heteroatoms. The monoisotopic (exact) mass is 176 g/mol. The molecule has 0 radical (unpaired) electrons. The maximum atomic E-state index is 9.18. The molecular weight excluding hydrogens is 164 g/mol. The van der Waals surface area contributed by atoms with E-state index in [1.807, 2.05) is 0 Å². The summed E-state index contributed by atoms with van der Waals surface area (Å²) in [5.41, 5.74) is 0. The van der Waals surface area contributed by atoms with Crippen LogP contribution in [0.15, 0.2) is 11.8 Å². The lowest BCUT2D eigenvalue weighted by molar-refractivity contribution is -0.206. The quantitative estimate of drug-likeness (QED) is 0.511. The average Bonchev–Trinajstić information content (AvgIpc) is 2.05. The van der Waals surface area contributed by atoms with Gasteiger partial charge in [0, 0.05) is 7.11 Å². The van der Waals surface area contributed by atoms with Gasteiger partial charge in [0.05, 0.1) is 6.61 Å². The van der Waals surface area contributed by atoms with Gasteiger partial charge in [-0.25, -0.2) is 0 Å². The molecule has 0 saturated heterocycles. The summed E-state index contributed by atoms with van der Waals surface area (Å²) >= 11 is 0. The van der Waals surface area contributed by atoms with Crippen molar-refractivity contribution >= 4 is 0 Å². The molecule has 1 aliphatic rings. The molecule has 0 aromatic heterocycles. The van der Waals surface area contributed by atoms with E-state index in [0.29, 0.717) is 0 Å². The smallest absolute Gasteiger partial charge is 0.187 e. The molecule has 1 heterocycles. The van der Waals surface area contributed by atoms with E-state index in [-0.39, 0.29) is 12.4 Å². The molecular formula is C7H12O5. The van der Waals surface area contributed by atoms with Crippen LogP contribution in [-0.4, -0.2) is 47.5 Å². The third-order valence-electron chi connectivity index (χ3n) is 1.65. The summed E-state index contributed by atoms with van der Waals surface area (Å²) in [4.78, 5) is 0. The van der Waals surface area contributed by atoms with Gasteiger partial charge >= 0.3 is 0 Å². The molecule has 0 amide bonds. The predicted molar refractivity (Wildman–Crippen MR) is 39.5 cm³/mol. The molecule has 0 fully saturated rings. The van der Waals surface area contributed by atoms with Crippen molar-refractivity contribution in [3.8, 4) is 0 Å². The highest BCUT2D eigenvalue weighted by atomic mass is 16.7. The van der Waals surface area contributed by atoms with Crippen LogP contribution in [-0.2, 0) is 9.47 Å². The van der Waals surface area contributed by atoms with Gasteiger partial charge < -0.3 is 24.8 Å². The van der Waals surface area contributed by atoms with Crippen molar-refractivity contribution in [2.24, 2.45) is 0 Å². The molecule has 3 N–H and O–H groups in total. The predicted octanol–water partition coefficient (Wildman–Crippen LogP) is -0.847. The first-order valence-electron chi connectivity index (χ1n) is 3.57. The van der Waals surface area contributed by atoms with Crippen LogP contribution in [0.1, 0.15) is 0 Å². The summed E-state index contributed by atoms with van der Waals surface area (Å²) in [5.74, 6) is -0.168. The first-order chi connectivity index (χ1) is 5.69. The van der Waals surface area contributed by atoms with Crippen LogP contribution in [0.3, 0.4) is 0 Å². The van der Waals surface area contributed by atoms with Gasteiger partial charge in [-0.05, 0) is 6.08 Å². The number of methoxy groups -OCH3 is 1. The number of ether oxygens (including phenoxy) is 2. The van der Waals surface area contributed by atoms with Gasteiger partial charge in [-0.1, -0.05) is 0 Å². The summed E-state index contributed by atoms with van der Waals surface area (Å²) < 4.78 is 9.71. The molecule has 0 bridgehead atoms. The Morgan fingerprint density at radius 1 is 1.67 bits per heavy atom. The Balaban J connectivity index is 2.68. The fourth-order valence-electron chi connectivity index (χ4n) is 1.00. The molecule has 0 saturated carbocycles. The van der Waals surface area contributed by atoms with Crippen LogP contribution >= 0.6 is 0 Å². The van der Waals surface area contributed by atoms with Crippen molar-refractivity contribution in [1.29, 1.82) is 0 Å². The van der Waals surface area contributed by atoms with Crippen molar-refractivity contribution in [2.75, 3.05) is 13.7 Å². The number of hydrogen-bond acceptors (Lipinski definition) is 5. The van der Waals surface area contributed by atoms with Crippen LogP contribution in [0.4, 0.5) is 0 Å². The summed E-state index contributed by atoms with van der Waals surface area (Å²) in [5, 5.41) is 27.0. The van der Waals surface area contributed by atoms with Crippen molar-refractivity contribution in [1.82, 2.24) is 0 Å². The molecule has 1 rings (SSSR count). The number of hydrogen-bond donors (Lipinski definition) is 3. The van der Waals surface area contributed by atoms with Gasteiger partial charge in [-0.2, -0.15) is 0 Å². The lowest BCUT2D eigenvalue weighted by atomic mass is 10.2. The van der Waals surface area contributed by atoms with E-state index in [2.05, 4.69) is 0 Å². The Morgan fingerprint density at radius 3 is 2.83 bits per heavy atom. The fourth-order valence-corrected chi connectivity index (χ4v) is 1.00. The molecule has 0 aromatic carbocycles. The largest absolute Gasteiger partial charge is 0.510 e. The highest BCUT2D eigenvalue weighted by Crippen LogP contribution is 2.17. The zero-order valence-corrected chi connectivity index (χ0v) is 6.67. The first-order valence-corrected chi connectivity index (χ1v) is 3.57. The highest BCUT2D eigenvalue weighted by molar-refractivity contribution is 5.06. The number of rotatable bonds is 2. The molecule has 0 aliphatic carbocycles. The van der Waals surface area contributed by atoms with Gasteiger partial charge in [-0.3, -0.25) is 0 Å². The average molecular weight is 176 g/mol. The van der Waals surface area contributed by atoms with E-state index < -0.39 is 18.5 Å². The summed E-state index contributed by atoms with van der Waals surface area (Å²) in [7, 11) is 1.37. The molecule has 70 valence electrons. The second-order valence-electron chi connectivity index (χ2n) is 2.49. The Hall–Kier alpha value is -0.620. The van der Waals surface area contributed by atoms with Crippen molar-refractivity contribution in [2.45, 2.75) is 18.5 Å². The Bertz CT molecular complexity index is 179. The van der Waals surface area contributed by atoms with Crippen LogP contribution < -0.4 is 0 Å². The number of aliphatic hydroxyl groups is 3. The van der Waals surface area contributed by atoms with Gasteiger partial charge in [0.2, 0.25) is 0 Å². The summed E-state index contributed by atoms with van der Waals surface area (Å²) in [6.07, 6.45) is -1.41. The van der Waals surface area contributed by atoms with Crippen LogP contribution in [0.25, 0.3) is 0 Å². The maximum absolute atomic E-state index is 9.18. The SMILES string of the molecule is CO[C@@H]1O[C@H](CO)C(O)=C[C@H]1O. The summed E-state index contributed by atoms with van der Waals surface area (Å²) in [6, 6.07) is 0. The topological polar surface area (TPSA) is 79.2 Å². The standard InChI is InChI=1S/C7H12O5/c1-11-7-5(10)2-4(9)6(3-8)12-7/h2,5-10H,3H2,1H3/t5-,6-,7-/m1/s1. The minimum Gasteiger partial charge on any atom is -0.510 e. The van der Waals surface area contributed by atoms with Crippen LogP contribution in [0.5, 0.6) is 0 Å². The Labute approximate surface area is 69.8 Å². The Kier molecular flexibility index (Phi) is 3.05. The molecule has 12 heavy (non-hydrogen) atoms. The first kappa shape index (κ1) is 9.47. The van der Waals surface area contributed by atoms with Crippen molar-refractivity contribution in [3.05, 3.63) is 11.8 Å². The summed E-state index contributed by atoms with van der Waals surface area (Å²) in [6.45, 7) is -0.338. The second-order valence-corrected chi connectivity index (χ2v) is 2.49. The molecule has 0 unspecified atom stereocenters. The zero-order valence-electron chi connectivity index (χ0n) is 6.67. The van der Waals surface area contributed by atoms with Crippen LogP contribution in [0.2, 0.25) is 0 Å². The van der Waals surface area contributed by atoms with Crippen LogP contribution in [0, 0.1) is 0 Å². The van der Waals surface area contributed by atoms with E-state index in [1.54, 1.807) is 0 Å². The third kappa shape index (κ3) is 1.75. The van der Waals surface area contributed by atoms with Gasteiger partial charge in [0.1, 0.15) is 18.0 Å². The molecule has 1 aliphatic heterocycles. The molecule has 0 aromatic rings. The van der Waals surface area contributed by atoms with Gasteiger partial charge in [-0.15, -0.1) is 0 Å². The third-order valence-corrected chi connectivity index (χ3v) is 1.65. The van der Waals surface area contributed by atoms with E-state index in [1.165, 1.54) is 13.2 Å². The lowest BCUT2D eigenvalue weighted by Gasteiger charge is -2.29. The molecule has 3 atom stereocenters. The van der Waals surface area contributed by atoms with E-state index >= 15 is 0 Å². The van der Waals surface area contributed by atoms with E-state index in [4.69, 9.17) is 19.7 Å². The normalized spacial score (nSPS) is 36.2. The van der Waals surface area contributed by atoms with Crippen molar-refractivity contribution in [3.63, 3.8) is 0 Å². The van der Waals surface area contributed by atoms with E-state index in [0.717, 1.165) is 0 Å². The zero-order chi connectivity index (χ0) is 9.14. The second kappa shape index (κ2) is 3.86. The lowest BCUT2D eigenvalue weighted by Crippen LogP contribution is -2.40. The molecule has 5 nitrogen and oxygen atoms in total. The molecule has 0 spiro atoms. The fraction of sp³-hybridized carbons (Fsp3) is 0.714. The van der Waals surface area contributed by atoms with Gasteiger partial charge in [0.15, 0.2) is 6.29 Å².